The van der Waals surface area contributed by atoms with Gasteiger partial charge >= 0.3 is 5.20 Å². The number of benzene rings is 1. The summed E-state index contributed by atoms with van der Waals surface area (Å²) in [4.78, 5) is 21.4. The first-order valence-electron chi connectivity index (χ1n) is 7.61. The molecule has 0 spiro atoms. The highest BCUT2D eigenvalue weighted by Gasteiger charge is 2.17. The molecule has 3 aromatic rings. The summed E-state index contributed by atoms with van der Waals surface area (Å²) in [5, 5.41) is -2.38. The molecule has 0 fully saturated rings. The van der Waals surface area contributed by atoms with Gasteiger partial charge in [0.05, 0.1) is 21.3 Å². The number of halogens is 5. The summed E-state index contributed by atoms with van der Waals surface area (Å²) in [6, 6.07) is 8.77. The summed E-state index contributed by atoms with van der Waals surface area (Å²) in [7, 11) is 1.70. The second kappa shape index (κ2) is 9.62. The van der Waals surface area contributed by atoms with E-state index in [4.69, 9.17) is 23.2 Å². The Hall–Kier alpha value is -1.07. The largest absolute Gasteiger partial charge is 0.339 e. The van der Waals surface area contributed by atoms with Crippen molar-refractivity contribution < 1.29 is 4.57 Å². The van der Waals surface area contributed by atoms with Gasteiger partial charge in [0.25, 0.3) is 5.56 Å². The average molecular weight is 500 g/mol. The molecule has 0 aliphatic heterocycles. The molecule has 2 heterocycles. The quantitative estimate of drug-likeness (QED) is 0.359. The van der Waals surface area contributed by atoms with Crippen LogP contribution in [0.2, 0.25) is 10.0 Å². The Bertz CT molecular complexity index is 1090. The minimum Gasteiger partial charge on any atom is -0.299 e. The van der Waals surface area contributed by atoms with Gasteiger partial charge in [-0.25, -0.2) is 4.98 Å². The first kappa shape index (κ1) is 23.2. The third-order valence-corrected chi connectivity index (χ3v) is 4.42. The fraction of sp³-hybridized carbons (Fsp3) is 0.118. The van der Waals surface area contributed by atoms with Crippen LogP contribution in [0.15, 0.2) is 47.5 Å². The first-order chi connectivity index (χ1) is 13.0. The summed E-state index contributed by atoms with van der Waals surface area (Å²) in [6.45, 7) is 1.80. The summed E-state index contributed by atoms with van der Waals surface area (Å²) in [6.07, 6.45) is 3.34. The van der Waals surface area contributed by atoms with Crippen molar-refractivity contribution in [1.29, 1.82) is 0 Å². The van der Waals surface area contributed by atoms with Crippen molar-refractivity contribution in [3.8, 4) is 22.4 Å². The van der Waals surface area contributed by atoms with Crippen molar-refractivity contribution in [1.82, 2.24) is 14.5 Å². The van der Waals surface area contributed by atoms with Crippen LogP contribution in [0.25, 0.3) is 22.4 Å². The molecule has 0 amide bonds. The second-order valence-corrected chi connectivity index (χ2v) is 13.0. The molecule has 148 valence electrons. The van der Waals surface area contributed by atoms with Crippen LogP contribution in [0.3, 0.4) is 0 Å². The maximum Gasteiger partial charge on any atom is 0.339 e. The molecule has 2 aromatic heterocycles. The molecule has 0 saturated carbocycles. The van der Waals surface area contributed by atoms with E-state index >= 15 is 0 Å². The van der Waals surface area contributed by atoms with Crippen LogP contribution < -0.4 is 5.56 Å². The minimum absolute atomic E-state index is 0.136. The zero-order valence-corrected chi connectivity index (χ0v) is 19.2. The molecular weight excluding hydrogens is 486 g/mol. The standard InChI is InChI=1S/C17H13Cl2N3O.Cl3OP/c1-10-21-16(11-5-7-20-8-6-11)15(17(23)22(10)2)12-3-4-13(18)14(19)9-12;1-5(2,3)4/h3-9H,1-2H3;. The fourth-order valence-electron chi connectivity index (χ4n) is 2.34. The zero-order chi connectivity index (χ0) is 21.1. The van der Waals surface area contributed by atoms with Crippen LogP contribution in [-0.2, 0) is 11.6 Å². The third-order valence-electron chi connectivity index (χ3n) is 3.68. The monoisotopic (exact) mass is 497 g/mol. The van der Waals surface area contributed by atoms with Gasteiger partial charge in [0, 0.05) is 25.0 Å². The molecule has 0 saturated heterocycles. The summed E-state index contributed by atoms with van der Waals surface area (Å²) in [5.41, 5.74) is 2.46. The Balaban J connectivity index is 0.000000500. The summed E-state index contributed by atoms with van der Waals surface area (Å²) in [5.74, 6) is 0.630. The molecule has 0 aliphatic carbocycles. The predicted octanol–water partition coefficient (Wildman–Crippen LogP) is 6.94. The highest BCUT2D eigenvalue weighted by Crippen LogP contribution is 2.61. The Labute approximate surface area is 185 Å². The number of aryl methyl sites for hydroxylation is 1. The summed E-state index contributed by atoms with van der Waals surface area (Å²) < 4.78 is 11.0. The van der Waals surface area contributed by atoms with Crippen molar-refractivity contribution in [2.75, 3.05) is 0 Å². The van der Waals surface area contributed by atoms with E-state index in [9.17, 15) is 9.36 Å². The number of hydrogen-bond donors (Lipinski definition) is 0. The van der Waals surface area contributed by atoms with Gasteiger partial charge in [-0.3, -0.25) is 18.9 Å². The lowest BCUT2D eigenvalue weighted by Crippen LogP contribution is -2.23. The van der Waals surface area contributed by atoms with Crippen LogP contribution in [0, 0.1) is 6.92 Å². The number of nitrogens with zero attached hydrogens (tertiary/aromatic N) is 3. The molecule has 3 rings (SSSR count). The highest BCUT2D eigenvalue weighted by atomic mass is 36.0. The van der Waals surface area contributed by atoms with Gasteiger partial charge in [0.15, 0.2) is 0 Å². The van der Waals surface area contributed by atoms with Gasteiger partial charge in [-0.1, -0.05) is 29.3 Å². The first-order valence-corrected chi connectivity index (χ1v) is 12.8. The minimum atomic E-state index is -3.22. The van der Waals surface area contributed by atoms with E-state index in [1.807, 2.05) is 12.1 Å². The number of rotatable bonds is 2. The molecule has 0 bridgehead atoms. The van der Waals surface area contributed by atoms with Gasteiger partial charge in [0.1, 0.15) is 5.82 Å². The Morgan fingerprint density at radius 3 is 2.07 bits per heavy atom. The molecular formula is C17H13Cl5N3O2P. The van der Waals surface area contributed by atoms with Gasteiger partial charge in [0.2, 0.25) is 0 Å². The molecule has 0 radical (unpaired) electrons. The topological polar surface area (TPSA) is 64.8 Å². The van der Waals surface area contributed by atoms with Crippen molar-refractivity contribution in [3.05, 3.63) is 68.9 Å². The number of pyridine rings is 1. The van der Waals surface area contributed by atoms with Crippen molar-refractivity contribution in [3.63, 3.8) is 0 Å². The lowest BCUT2D eigenvalue weighted by Gasteiger charge is -2.13. The highest BCUT2D eigenvalue weighted by molar-refractivity contribution is 8.24. The third kappa shape index (κ3) is 6.21. The van der Waals surface area contributed by atoms with E-state index < -0.39 is 5.20 Å². The molecule has 5 nitrogen and oxygen atoms in total. The fourth-order valence-corrected chi connectivity index (χ4v) is 2.64. The molecule has 1 aromatic carbocycles. The lowest BCUT2D eigenvalue weighted by atomic mass is 10.0. The van der Waals surface area contributed by atoms with E-state index in [2.05, 4.69) is 43.7 Å². The molecule has 0 N–H and O–H groups in total. The summed E-state index contributed by atoms with van der Waals surface area (Å²) >= 11 is 25.9. The Kier molecular flexibility index (Phi) is 7.97. The molecule has 0 aliphatic rings. The van der Waals surface area contributed by atoms with Crippen LogP contribution in [0.4, 0.5) is 0 Å². The smallest absolute Gasteiger partial charge is 0.299 e. The number of hydrogen-bond acceptors (Lipinski definition) is 4. The van der Waals surface area contributed by atoms with E-state index in [0.29, 0.717) is 32.7 Å². The Morgan fingerprint density at radius 2 is 1.54 bits per heavy atom. The predicted molar refractivity (Wildman–Crippen MR) is 118 cm³/mol. The second-order valence-electron chi connectivity index (χ2n) is 5.51. The molecule has 0 unspecified atom stereocenters. The van der Waals surface area contributed by atoms with Crippen molar-refractivity contribution >= 4 is 62.1 Å². The maximum absolute atomic E-state index is 12.8. The zero-order valence-electron chi connectivity index (χ0n) is 14.5. The molecule has 28 heavy (non-hydrogen) atoms. The van der Waals surface area contributed by atoms with Gasteiger partial charge < -0.3 is 0 Å². The van der Waals surface area contributed by atoms with Crippen molar-refractivity contribution in [2.24, 2.45) is 7.05 Å². The average Bonchev–Trinajstić information content (AvgIpc) is 2.61. The number of aromatic nitrogens is 3. The van der Waals surface area contributed by atoms with Crippen LogP contribution >= 0.6 is 62.1 Å². The van der Waals surface area contributed by atoms with E-state index in [-0.39, 0.29) is 5.56 Å². The lowest BCUT2D eigenvalue weighted by molar-refractivity contribution is 0.600. The van der Waals surface area contributed by atoms with Crippen molar-refractivity contribution in [2.45, 2.75) is 6.92 Å². The van der Waals surface area contributed by atoms with E-state index in [1.165, 1.54) is 4.57 Å². The van der Waals surface area contributed by atoms with Gasteiger partial charge in [-0.05, 0) is 70.5 Å². The van der Waals surface area contributed by atoms with Crippen LogP contribution in [-0.4, -0.2) is 14.5 Å². The van der Waals surface area contributed by atoms with Gasteiger partial charge in [-0.2, -0.15) is 0 Å². The SMILES string of the molecule is Cc1nc(-c2ccncc2)c(-c2ccc(Cl)c(Cl)c2)c(=O)n1C.O=P(Cl)(Cl)Cl. The van der Waals surface area contributed by atoms with E-state index in [0.717, 1.165) is 5.56 Å². The normalized spacial score (nSPS) is 11.0. The van der Waals surface area contributed by atoms with Crippen LogP contribution in [0.5, 0.6) is 0 Å². The van der Waals surface area contributed by atoms with E-state index in [1.54, 1.807) is 44.6 Å². The molecule has 0 atom stereocenters. The van der Waals surface area contributed by atoms with Crippen LogP contribution in [0.1, 0.15) is 5.82 Å². The van der Waals surface area contributed by atoms with Gasteiger partial charge in [-0.15, -0.1) is 0 Å². The molecule has 11 heteroatoms. The maximum atomic E-state index is 12.8. The Morgan fingerprint density at radius 1 is 0.964 bits per heavy atom.